The second-order valence-electron chi connectivity index (χ2n) is 5.08. The first-order valence-electron chi connectivity index (χ1n) is 7.12. The number of benzene rings is 1. The predicted octanol–water partition coefficient (Wildman–Crippen LogP) is 1.19. The molecule has 13 heteroatoms. The number of amides is 1. The van der Waals surface area contributed by atoms with Gasteiger partial charge in [0.05, 0.1) is 33.8 Å². The summed E-state index contributed by atoms with van der Waals surface area (Å²) in [5, 5.41) is 11.1. The third kappa shape index (κ3) is 4.86. The minimum Gasteiger partial charge on any atom is -0.378 e. The van der Waals surface area contributed by atoms with E-state index in [0.717, 1.165) is 12.1 Å². The highest BCUT2D eigenvalue weighted by Crippen LogP contribution is 2.31. The van der Waals surface area contributed by atoms with Crippen molar-refractivity contribution in [2.45, 2.75) is 15.3 Å². The van der Waals surface area contributed by atoms with E-state index in [9.17, 15) is 36.5 Å². The van der Waals surface area contributed by atoms with Gasteiger partial charge in [0, 0.05) is 19.2 Å². The van der Waals surface area contributed by atoms with Crippen LogP contribution in [0, 0.1) is 10.1 Å². The zero-order valence-corrected chi connectivity index (χ0v) is 14.7. The van der Waals surface area contributed by atoms with Crippen molar-refractivity contribution in [3.8, 4) is 0 Å². The van der Waals surface area contributed by atoms with E-state index in [1.165, 1.54) is 4.90 Å². The molecule has 144 valence electrons. The summed E-state index contributed by atoms with van der Waals surface area (Å²) in [6.07, 6.45) is 0. The second-order valence-corrected chi connectivity index (χ2v) is 7.98. The maximum atomic E-state index is 12.5. The average molecular weight is 414 g/mol. The van der Waals surface area contributed by atoms with E-state index in [1.54, 1.807) is 0 Å². The first-order chi connectivity index (χ1) is 12.1. The maximum absolute atomic E-state index is 12.5. The summed E-state index contributed by atoms with van der Waals surface area (Å²) in [5.74, 6) is -1.06. The monoisotopic (exact) mass is 414 g/mol. The molecule has 1 aliphatic heterocycles. The Bertz CT molecular complexity index is 765. The Morgan fingerprint density at radius 1 is 1.27 bits per heavy atom. The summed E-state index contributed by atoms with van der Waals surface area (Å²) in [5.41, 5.74) is -5.96. The fraction of sp³-hybridized carbons (Fsp3) is 0.462. The highest BCUT2D eigenvalue weighted by atomic mass is 32.2. The quantitative estimate of drug-likeness (QED) is 0.529. The topological polar surface area (TPSA) is 107 Å². The van der Waals surface area contributed by atoms with Gasteiger partial charge < -0.3 is 9.64 Å². The summed E-state index contributed by atoms with van der Waals surface area (Å²) >= 11 is 0. The highest BCUT2D eigenvalue weighted by molar-refractivity contribution is 7.86. The summed E-state index contributed by atoms with van der Waals surface area (Å²) < 4.78 is 66.3. The minimum absolute atomic E-state index is 0.293. The average Bonchev–Trinajstić information content (AvgIpc) is 2.60. The first-order valence-corrected chi connectivity index (χ1v) is 9.59. The Labute approximate surface area is 150 Å². The number of carbonyl (C=O) groups is 1. The van der Waals surface area contributed by atoms with Gasteiger partial charge in [-0.25, -0.2) is 4.21 Å². The largest absolute Gasteiger partial charge is 0.475 e. The number of carbonyl (C=O) groups excluding carboxylic acids is 1. The lowest BCUT2D eigenvalue weighted by molar-refractivity contribution is -0.388. The van der Waals surface area contributed by atoms with Crippen LogP contribution < -0.4 is 0 Å². The van der Waals surface area contributed by atoms with Crippen LogP contribution in [0.2, 0.25) is 0 Å². The van der Waals surface area contributed by atoms with Crippen LogP contribution >= 0.6 is 0 Å². The molecule has 0 bridgehead atoms. The number of alkyl halides is 3. The van der Waals surface area contributed by atoms with Gasteiger partial charge in [0.1, 0.15) is 10.6 Å². The zero-order valence-electron chi connectivity index (χ0n) is 13.1. The van der Waals surface area contributed by atoms with E-state index in [4.69, 9.17) is 4.74 Å². The lowest BCUT2D eigenvalue weighted by atomic mass is 10.3. The van der Waals surface area contributed by atoms with Crippen LogP contribution in [0.5, 0.6) is 0 Å². The molecule has 1 amide bonds. The molecule has 0 spiro atoms. The van der Waals surface area contributed by atoms with Crippen LogP contribution in [-0.2, 0) is 31.1 Å². The van der Waals surface area contributed by atoms with Gasteiger partial charge >= 0.3 is 5.51 Å². The lowest BCUT2D eigenvalue weighted by Crippen LogP contribution is -2.42. The Morgan fingerprint density at radius 3 is 2.42 bits per heavy atom. The van der Waals surface area contributed by atoms with Gasteiger partial charge in [-0.1, -0.05) is 0 Å². The van der Waals surface area contributed by atoms with Crippen molar-refractivity contribution in [2.75, 3.05) is 32.1 Å². The van der Waals surface area contributed by atoms with Gasteiger partial charge in [-0.3, -0.25) is 19.1 Å². The van der Waals surface area contributed by atoms with Gasteiger partial charge in [0.15, 0.2) is 10.8 Å². The molecule has 1 saturated heterocycles. The number of nitro groups is 1. The summed E-state index contributed by atoms with van der Waals surface area (Å²) in [7, 11) is -5.60. The summed E-state index contributed by atoms with van der Waals surface area (Å²) in [4.78, 5) is 22.3. The molecular formula is C13H13F3N2O6S2. The van der Waals surface area contributed by atoms with Gasteiger partial charge in [-0.2, -0.15) is 13.2 Å². The molecule has 0 radical (unpaired) electrons. The fourth-order valence-corrected chi connectivity index (χ4v) is 4.00. The van der Waals surface area contributed by atoms with Crippen molar-refractivity contribution in [3.63, 3.8) is 0 Å². The molecule has 0 aromatic heterocycles. The van der Waals surface area contributed by atoms with Crippen molar-refractivity contribution in [3.05, 3.63) is 28.3 Å². The smallest absolute Gasteiger partial charge is 0.378 e. The second kappa shape index (κ2) is 8.22. The van der Waals surface area contributed by atoms with Gasteiger partial charge in [-0.15, -0.1) is 0 Å². The van der Waals surface area contributed by atoms with Crippen LogP contribution in [-0.4, -0.2) is 61.7 Å². The number of rotatable bonds is 5. The number of halogens is 3. The van der Waals surface area contributed by atoms with E-state index < -0.39 is 59.2 Å². The molecule has 8 nitrogen and oxygen atoms in total. The Balaban J connectivity index is 2.24. The number of ether oxygens (including phenoxy) is 1. The van der Waals surface area contributed by atoms with Crippen molar-refractivity contribution < 1.29 is 36.0 Å². The van der Waals surface area contributed by atoms with Crippen LogP contribution in [0.1, 0.15) is 0 Å². The molecular weight excluding hydrogens is 401 g/mol. The molecule has 1 aromatic carbocycles. The van der Waals surface area contributed by atoms with E-state index in [0.29, 0.717) is 32.4 Å². The summed E-state index contributed by atoms with van der Waals surface area (Å²) in [6, 6.07) is 2.05. The molecule has 1 aliphatic rings. The molecule has 0 saturated carbocycles. The fourth-order valence-electron chi connectivity index (χ4n) is 2.18. The van der Waals surface area contributed by atoms with Crippen LogP contribution in [0.4, 0.5) is 18.9 Å². The maximum Gasteiger partial charge on any atom is 0.475 e. The third-order valence-electron chi connectivity index (χ3n) is 3.42. The third-order valence-corrected chi connectivity index (χ3v) is 5.86. The molecule has 1 fully saturated rings. The number of hydrogen-bond donors (Lipinski definition) is 0. The SMILES string of the molecule is O=C(CS(=O)c1ccc(S(=O)C(F)(F)F)cc1[N+](=O)[O-])N1CCOCC1. The Morgan fingerprint density at radius 2 is 1.88 bits per heavy atom. The van der Waals surface area contributed by atoms with Crippen molar-refractivity contribution in [2.24, 2.45) is 0 Å². The van der Waals surface area contributed by atoms with E-state index in [-0.39, 0.29) is 0 Å². The van der Waals surface area contributed by atoms with Gasteiger partial charge in [0.2, 0.25) is 5.91 Å². The van der Waals surface area contributed by atoms with Gasteiger partial charge in [-0.05, 0) is 12.1 Å². The van der Waals surface area contributed by atoms with Crippen molar-refractivity contribution in [1.29, 1.82) is 0 Å². The summed E-state index contributed by atoms with van der Waals surface area (Å²) in [6.45, 7) is 1.22. The Hall–Kier alpha value is -1.86. The molecule has 2 unspecified atom stereocenters. The van der Waals surface area contributed by atoms with E-state index in [2.05, 4.69) is 0 Å². The lowest BCUT2D eigenvalue weighted by Gasteiger charge is -2.26. The highest BCUT2D eigenvalue weighted by Gasteiger charge is 2.39. The van der Waals surface area contributed by atoms with E-state index >= 15 is 0 Å². The molecule has 2 rings (SSSR count). The molecule has 2 atom stereocenters. The van der Waals surface area contributed by atoms with E-state index in [1.807, 2.05) is 0 Å². The standard InChI is InChI=1S/C13H13F3N2O6S2/c14-13(15,16)26(23)9-1-2-11(10(7-9)18(20)21)25(22)8-12(19)17-3-5-24-6-4-17/h1-2,7H,3-6,8H2. The first kappa shape index (κ1) is 20.5. The number of nitrogens with zero attached hydrogens (tertiary/aromatic N) is 2. The zero-order chi connectivity index (χ0) is 19.5. The molecule has 0 aliphatic carbocycles. The Kier molecular flexibility index (Phi) is 6.47. The number of nitro benzene ring substituents is 1. The van der Waals surface area contributed by atoms with Gasteiger partial charge in [0.25, 0.3) is 5.69 Å². The molecule has 0 N–H and O–H groups in total. The molecule has 1 heterocycles. The van der Waals surface area contributed by atoms with Crippen molar-refractivity contribution in [1.82, 2.24) is 4.90 Å². The predicted molar refractivity (Wildman–Crippen MR) is 84.2 cm³/mol. The van der Waals surface area contributed by atoms with Crippen molar-refractivity contribution >= 4 is 33.2 Å². The number of hydrogen-bond acceptors (Lipinski definition) is 6. The normalized spacial score (nSPS) is 17.6. The minimum atomic E-state index is -5.08. The molecule has 1 aromatic rings. The molecule has 26 heavy (non-hydrogen) atoms. The number of morpholine rings is 1. The van der Waals surface area contributed by atoms with Crippen LogP contribution in [0.25, 0.3) is 0 Å². The van der Waals surface area contributed by atoms with Crippen LogP contribution in [0.15, 0.2) is 28.0 Å². The van der Waals surface area contributed by atoms with Crippen LogP contribution in [0.3, 0.4) is 0 Å².